The molecule has 0 bridgehead atoms. The van der Waals surface area contributed by atoms with Gasteiger partial charge in [0.05, 0.1) is 0 Å². The molecule has 0 N–H and O–H groups in total. The van der Waals surface area contributed by atoms with E-state index in [-0.39, 0.29) is 17.6 Å². The summed E-state index contributed by atoms with van der Waals surface area (Å²) in [7, 11) is 0.0694. The molecular formula is C10H22Si2. The molecule has 0 atom stereocenters. The molecule has 3 rings (SSSR count). The Bertz CT molecular complexity index is 128. The van der Waals surface area contributed by atoms with Crippen LogP contribution in [0.3, 0.4) is 0 Å². The van der Waals surface area contributed by atoms with Crippen molar-refractivity contribution in [1.29, 1.82) is 0 Å². The van der Waals surface area contributed by atoms with Crippen LogP contribution in [0.2, 0.25) is 24.4 Å². The Balaban J connectivity index is 0.0000000939. The second-order valence-corrected chi connectivity index (χ2v) is 13.5. The highest BCUT2D eigenvalue weighted by molar-refractivity contribution is 6.93. The Morgan fingerprint density at radius 3 is 1.17 bits per heavy atom. The zero-order valence-corrected chi connectivity index (χ0v) is 10.9. The summed E-state index contributed by atoms with van der Waals surface area (Å²) in [4.78, 5) is 0. The largest absolute Gasteiger partial charge is 0.0724 e. The predicted octanol–water partition coefficient (Wildman–Crippen LogP) is 2.60. The average Bonchev–Trinajstić information content (AvgIpc) is 2.81. The maximum Gasteiger partial charge on any atom is 0.0278 e. The van der Waals surface area contributed by atoms with E-state index in [0.717, 1.165) is 0 Å². The maximum atomic E-state index is 2.49. The summed E-state index contributed by atoms with van der Waals surface area (Å²) < 4.78 is 0. The van der Waals surface area contributed by atoms with Crippen LogP contribution < -0.4 is 0 Å². The van der Waals surface area contributed by atoms with Crippen molar-refractivity contribution in [2.75, 3.05) is 0 Å². The second kappa shape index (κ2) is 3.66. The smallest absolute Gasteiger partial charge is 0.0278 e. The highest BCUT2D eigenvalue weighted by Gasteiger charge is 2.37. The molecule has 70 valence electrons. The quantitative estimate of drug-likeness (QED) is 0.568. The van der Waals surface area contributed by atoms with Gasteiger partial charge >= 0.3 is 0 Å². The maximum absolute atomic E-state index is 2.49. The Morgan fingerprint density at radius 1 is 0.750 bits per heavy atom. The first-order chi connectivity index (χ1) is 5.75. The number of hydrogen-bond acceptors (Lipinski definition) is 0. The van der Waals surface area contributed by atoms with Gasteiger partial charge in [0, 0.05) is 17.6 Å². The Morgan fingerprint density at radius 2 is 1.08 bits per heavy atom. The normalized spacial score (nSPS) is 39.5. The minimum atomic E-state index is 0.0347. The molecule has 0 unspecified atom stereocenters. The molecule has 2 heteroatoms. The summed E-state index contributed by atoms with van der Waals surface area (Å²) in [6.45, 7) is 4.99. The Kier molecular flexibility index (Phi) is 2.75. The third-order valence-corrected chi connectivity index (χ3v) is 16.4. The van der Waals surface area contributed by atoms with E-state index in [1.165, 1.54) is 11.8 Å². The van der Waals surface area contributed by atoms with E-state index in [1.54, 1.807) is 37.0 Å². The summed E-state index contributed by atoms with van der Waals surface area (Å²) in [5.74, 6) is 2.43. The first-order valence-corrected chi connectivity index (χ1v) is 11.3. The minimum Gasteiger partial charge on any atom is -0.0724 e. The minimum absolute atomic E-state index is 0.0347. The molecule has 0 amide bonds. The third-order valence-electron chi connectivity index (χ3n) is 3.52. The first kappa shape index (κ1) is 9.01. The molecule has 3 fully saturated rings. The van der Waals surface area contributed by atoms with Gasteiger partial charge in [0.1, 0.15) is 0 Å². The molecule has 1 aliphatic heterocycles. The van der Waals surface area contributed by atoms with Crippen molar-refractivity contribution < 1.29 is 0 Å². The molecule has 12 heavy (non-hydrogen) atoms. The lowest BCUT2D eigenvalue weighted by Crippen LogP contribution is -2.34. The fourth-order valence-electron chi connectivity index (χ4n) is 2.44. The Labute approximate surface area is 80.0 Å². The van der Waals surface area contributed by atoms with Crippen molar-refractivity contribution in [3.63, 3.8) is 0 Å². The van der Waals surface area contributed by atoms with Crippen LogP contribution in [-0.4, -0.2) is 17.6 Å². The van der Waals surface area contributed by atoms with Crippen LogP contribution in [0.4, 0.5) is 0 Å². The van der Waals surface area contributed by atoms with Crippen LogP contribution in [-0.2, 0) is 0 Å². The van der Waals surface area contributed by atoms with Gasteiger partial charge in [-0.25, -0.2) is 0 Å². The summed E-state index contributed by atoms with van der Waals surface area (Å²) in [5.41, 5.74) is 3.50. The highest BCUT2D eigenvalue weighted by Crippen LogP contribution is 2.49. The van der Waals surface area contributed by atoms with E-state index in [4.69, 9.17) is 0 Å². The molecule has 0 radical (unpaired) electrons. The van der Waals surface area contributed by atoms with Gasteiger partial charge in [0.25, 0.3) is 0 Å². The van der Waals surface area contributed by atoms with E-state index in [9.17, 15) is 0 Å². The fourth-order valence-corrected chi connectivity index (χ4v) is 12.9. The van der Waals surface area contributed by atoms with Gasteiger partial charge in [-0.05, 0) is 37.5 Å². The van der Waals surface area contributed by atoms with Gasteiger partial charge in [-0.1, -0.05) is 24.4 Å². The van der Waals surface area contributed by atoms with Crippen LogP contribution in [0.5, 0.6) is 0 Å². The SMILES string of the molecule is C1CC1C1CC1.C[SiH]1C[SiH](C)C1. The molecule has 2 saturated carbocycles. The van der Waals surface area contributed by atoms with Crippen LogP contribution in [0.15, 0.2) is 0 Å². The third kappa shape index (κ3) is 2.73. The van der Waals surface area contributed by atoms with E-state index in [0.29, 0.717) is 0 Å². The van der Waals surface area contributed by atoms with Gasteiger partial charge in [0.2, 0.25) is 0 Å². The average molecular weight is 198 g/mol. The van der Waals surface area contributed by atoms with Crippen molar-refractivity contribution in [3.05, 3.63) is 0 Å². The molecule has 0 aromatic carbocycles. The van der Waals surface area contributed by atoms with Crippen LogP contribution in [0.25, 0.3) is 0 Å². The molecule has 1 saturated heterocycles. The van der Waals surface area contributed by atoms with Gasteiger partial charge in [0.15, 0.2) is 0 Å². The summed E-state index contributed by atoms with van der Waals surface area (Å²) in [5, 5.41) is 0. The van der Waals surface area contributed by atoms with Gasteiger partial charge in [-0.3, -0.25) is 0 Å². The lowest BCUT2D eigenvalue weighted by atomic mass is 10.3. The molecule has 2 aliphatic carbocycles. The van der Waals surface area contributed by atoms with Crippen molar-refractivity contribution in [1.82, 2.24) is 0 Å². The van der Waals surface area contributed by atoms with E-state index >= 15 is 0 Å². The summed E-state index contributed by atoms with van der Waals surface area (Å²) in [6, 6.07) is 0. The van der Waals surface area contributed by atoms with Gasteiger partial charge < -0.3 is 0 Å². The fraction of sp³-hybridized carbons (Fsp3) is 1.00. The van der Waals surface area contributed by atoms with Crippen molar-refractivity contribution in [2.45, 2.75) is 50.1 Å². The van der Waals surface area contributed by atoms with Crippen molar-refractivity contribution >= 4 is 17.6 Å². The standard InChI is InChI=1S/C6H10.C4H12Si2/c1-2-5(1)6-3-4-6;1-5-3-6(2)4-5/h5-6H,1-4H2;5-6H,3-4H2,1-2H3. The van der Waals surface area contributed by atoms with Gasteiger partial charge in [-0.2, -0.15) is 0 Å². The molecule has 0 nitrogen and oxygen atoms in total. The molecule has 0 aromatic heterocycles. The zero-order valence-electron chi connectivity index (χ0n) is 8.55. The molecule has 3 aliphatic rings. The van der Waals surface area contributed by atoms with Crippen LogP contribution in [0, 0.1) is 11.8 Å². The van der Waals surface area contributed by atoms with Crippen LogP contribution >= 0.6 is 0 Å². The highest BCUT2D eigenvalue weighted by atomic mass is 28.4. The van der Waals surface area contributed by atoms with Crippen molar-refractivity contribution in [2.24, 2.45) is 11.8 Å². The van der Waals surface area contributed by atoms with E-state index in [1.807, 2.05) is 0 Å². The molecule has 1 heterocycles. The molecular weight excluding hydrogens is 176 g/mol. The second-order valence-electron chi connectivity index (χ2n) is 5.36. The van der Waals surface area contributed by atoms with E-state index in [2.05, 4.69) is 13.1 Å². The molecule has 0 spiro atoms. The topological polar surface area (TPSA) is 0 Å². The van der Waals surface area contributed by atoms with E-state index < -0.39 is 0 Å². The van der Waals surface area contributed by atoms with Crippen LogP contribution in [0.1, 0.15) is 25.7 Å². The predicted molar refractivity (Wildman–Crippen MR) is 61.1 cm³/mol. The summed E-state index contributed by atoms with van der Waals surface area (Å²) >= 11 is 0. The lowest BCUT2D eigenvalue weighted by Gasteiger charge is -2.26. The monoisotopic (exact) mass is 198 g/mol. The number of hydrogen-bond donors (Lipinski definition) is 0. The first-order valence-electron chi connectivity index (χ1n) is 5.75. The summed E-state index contributed by atoms with van der Waals surface area (Å²) in [6.07, 6.45) is 6.24. The Hall–Kier alpha value is 0.434. The zero-order chi connectivity index (χ0) is 8.55. The van der Waals surface area contributed by atoms with Crippen molar-refractivity contribution in [3.8, 4) is 0 Å². The molecule has 0 aromatic rings. The lowest BCUT2D eigenvalue weighted by molar-refractivity contribution is 0.716. The number of rotatable bonds is 1. The van der Waals surface area contributed by atoms with Gasteiger partial charge in [-0.15, -0.1) is 0 Å².